The second-order valence-electron chi connectivity index (χ2n) is 7.93. The molecular weight excluding hydrogens is 409 g/mol. The number of halogens is 3. The maximum absolute atomic E-state index is 13.0. The fourth-order valence-electron chi connectivity index (χ4n) is 4.04. The van der Waals surface area contributed by atoms with Crippen molar-refractivity contribution < 1.29 is 17.9 Å². The number of aliphatic imine (C=N–C) groups is 1. The zero-order valence-corrected chi connectivity index (χ0v) is 17.3. The van der Waals surface area contributed by atoms with E-state index in [-0.39, 0.29) is 24.2 Å². The summed E-state index contributed by atoms with van der Waals surface area (Å²) in [6.07, 6.45) is 1.77. The highest BCUT2D eigenvalue weighted by Gasteiger charge is 2.32. The molecule has 0 saturated heterocycles. The topological polar surface area (TPSA) is 70.6 Å². The van der Waals surface area contributed by atoms with Crippen molar-refractivity contribution in [3.8, 4) is 6.01 Å². The van der Waals surface area contributed by atoms with Gasteiger partial charge in [0.05, 0.1) is 5.56 Å². The van der Waals surface area contributed by atoms with Crippen molar-refractivity contribution in [2.24, 2.45) is 10.9 Å². The standard InChI is InChI=1S/C22H24F3N4O2/c1-2-11-29-19-17(26-18(27-19)15-8-4-3-5-9-15)20(30)28-21(29)31-13-14-7-6-10-16(12-14)22(23,24)25/h6-7,10,12,15H,2-5,8-9,11,13H2,1H3. The molecule has 1 radical (unpaired) electrons. The molecule has 2 heterocycles. The second kappa shape index (κ2) is 8.72. The van der Waals surface area contributed by atoms with Gasteiger partial charge < -0.3 is 4.74 Å². The van der Waals surface area contributed by atoms with E-state index in [1.807, 2.05) is 6.92 Å². The Kier molecular flexibility index (Phi) is 6.02. The molecule has 2 aromatic rings. The molecule has 0 amide bonds. The van der Waals surface area contributed by atoms with E-state index in [1.54, 1.807) is 10.6 Å². The van der Waals surface area contributed by atoms with Gasteiger partial charge in [0.1, 0.15) is 12.4 Å². The highest BCUT2D eigenvalue weighted by molar-refractivity contribution is 5.96. The first-order valence-corrected chi connectivity index (χ1v) is 10.6. The molecule has 1 aliphatic carbocycles. The number of fused-ring (bicyclic) bond motifs is 1. The average molecular weight is 433 g/mol. The molecule has 0 N–H and O–H groups in total. The van der Waals surface area contributed by atoms with Crippen molar-refractivity contribution >= 4 is 17.3 Å². The van der Waals surface area contributed by atoms with Crippen molar-refractivity contribution in [1.82, 2.24) is 14.9 Å². The van der Waals surface area contributed by atoms with E-state index in [1.165, 1.54) is 12.5 Å². The maximum Gasteiger partial charge on any atom is 0.416 e. The largest absolute Gasteiger partial charge is 0.460 e. The minimum atomic E-state index is -4.43. The minimum Gasteiger partial charge on any atom is -0.460 e. The lowest BCUT2D eigenvalue weighted by atomic mass is 9.88. The Bertz CT molecular complexity index is 1040. The van der Waals surface area contributed by atoms with Crippen LogP contribution in [0.3, 0.4) is 0 Å². The van der Waals surface area contributed by atoms with Crippen LogP contribution in [-0.4, -0.2) is 15.4 Å². The number of alkyl halides is 3. The van der Waals surface area contributed by atoms with Crippen molar-refractivity contribution in [2.75, 3.05) is 0 Å². The van der Waals surface area contributed by atoms with Gasteiger partial charge in [-0.25, -0.2) is 10.3 Å². The lowest BCUT2D eigenvalue weighted by Gasteiger charge is -2.20. The first-order valence-electron chi connectivity index (χ1n) is 10.6. The number of ether oxygens (including phenoxy) is 1. The van der Waals surface area contributed by atoms with Crippen LogP contribution in [0.25, 0.3) is 0 Å². The predicted octanol–water partition coefficient (Wildman–Crippen LogP) is 5.11. The first kappa shape index (κ1) is 21.4. The Morgan fingerprint density at radius 2 is 1.97 bits per heavy atom. The number of hydrogen-bond donors (Lipinski definition) is 0. The molecule has 0 unspecified atom stereocenters. The van der Waals surface area contributed by atoms with Crippen LogP contribution >= 0.6 is 0 Å². The van der Waals surface area contributed by atoms with Gasteiger partial charge in [0, 0.05) is 12.5 Å². The monoisotopic (exact) mass is 433 g/mol. The first-order chi connectivity index (χ1) is 14.9. The summed E-state index contributed by atoms with van der Waals surface area (Å²) in [4.78, 5) is 21.3. The molecule has 165 valence electrons. The fraction of sp³-hybridized carbons (Fsp3) is 0.500. The molecule has 6 nitrogen and oxygen atoms in total. The number of hydrogen-bond acceptors (Lipinski definition) is 4. The molecule has 1 fully saturated rings. The van der Waals surface area contributed by atoms with Gasteiger partial charge in [0.25, 0.3) is 0 Å². The number of amidine groups is 1. The quantitative estimate of drug-likeness (QED) is 0.636. The molecule has 1 aliphatic heterocycles. The summed E-state index contributed by atoms with van der Waals surface area (Å²) < 4.78 is 46.3. The van der Waals surface area contributed by atoms with Crippen LogP contribution < -0.4 is 15.6 Å². The van der Waals surface area contributed by atoms with E-state index < -0.39 is 17.3 Å². The molecule has 1 saturated carbocycles. The summed E-state index contributed by atoms with van der Waals surface area (Å²) in [6.45, 7) is 2.33. The molecule has 1 aromatic carbocycles. The molecule has 0 bridgehead atoms. The van der Waals surface area contributed by atoms with Gasteiger partial charge in [-0.1, -0.05) is 38.3 Å². The molecule has 31 heavy (non-hydrogen) atoms. The predicted molar refractivity (Wildman–Crippen MR) is 110 cm³/mol. The third-order valence-corrected chi connectivity index (χ3v) is 5.58. The van der Waals surface area contributed by atoms with Crippen LogP contribution in [0.15, 0.2) is 34.1 Å². The van der Waals surface area contributed by atoms with Crippen LogP contribution in [-0.2, 0) is 19.3 Å². The van der Waals surface area contributed by atoms with Gasteiger partial charge >= 0.3 is 17.7 Å². The Morgan fingerprint density at radius 3 is 2.68 bits per heavy atom. The van der Waals surface area contributed by atoms with Gasteiger partial charge in [-0.3, -0.25) is 9.36 Å². The Labute approximate surface area is 178 Å². The van der Waals surface area contributed by atoms with E-state index >= 15 is 0 Å². The highest BCUT2D eigenvalue weighted by Crippen LogP contribution is 2.35. The highest BCUT2D eigenvalue weighted by atomic mass is 19.4. The number of rotatable bonds is 6. The van der Waals surface area contributed by atoms with E-state index in [4.69, 9.17) is 4.74 Å². The maximum atomic E-state index is 13.0. The smallest absolute Gasteiger partial charge is 0.416 e. The molecular formula is C22H24F3N4O2. The van der Waals surface area contributed by atoms with E-state index in [0.717, 1.165) is 44.2 Å². The molecule has 1 aromatic heterocycles. The Hall–Kier alpha value is -2.84. The van der Waals surface area contributed by atoms with Crippen molar-refractivity contribution in [1.29, 1.82) is 0 Å². The number of benzene rings is 1. The molecule has 0 spiro atoms. The zero-order valence-electron chi connectivity index (χ0n) is 17.3. The summed E-state index contributed by atoms with van der Waals surface area (Å²) in [6, 6.07) is 4.96. The minimum absolute atomic E-state index is 0.0480. The molecule has 9 heteroatoms. The van der Waals surface area contributed by atoms with Gasteiger partial charge in [0.15, 0.2) is 11.5 Å². The van der Waals surface area contributed by atoms with E-state index in [2.05, 4.69) is 15.3 Å². The number of aromatic nitrogens is 2. The van der Waals surface area contributed by atoms with Crippen molar-refractivity contribution in [3.05, 3.63) is 45.7 Å². The molecule has 0 atom stereocenters. The van der Waals surface area contributed by atoms with Crippen molar-refractivity contribution in [2.45, 2.75) is 64.8 Å². The van der Waals surface area contributed by atoms with E-state index in [0.29, 0.717) is 23.8 Å². The summed E-state index contributed by atoms with van der Waals surface area (Å²) in [7, 11) is 0. The van der Waals surface area contributed by atoms with Gasteiger partial charge in [-0.05, 0) is 37.0 Å². The third kappa shape index (κ3) is 4.60. The van der Waals surface area contributed by atoms with Gasteiger partial charge in [-0.15, -0.1) is 0 Å². The summed E-state index contributed by atoms with van der Waals surface area (Å²) in [5.41, 5.74) is -0.720. The lowest BCUT2D eigenvalue weighted by Crippen LogP contribution is -2.24. The fourth-order valence-corrected chi connectivity index (χ4v) is 4.04. The zero-order chi connectivity index (χ0) is 22.0. The van der Waals surface area contributed by atoms with Crippen LogP contribution in [0.5, 0.6) is 6.01 Å². The summed E-state index contributed by atoms with van der Waals surface area (Å²) in [5, 5.41) is 4.49. The van der Waals surface area contributed by atoms with Gasteiger partial charge in [-0.2, -0.15) is 18.2 Å². The number of nitrogens with zero attached hydrogens (tertiary/aromatic N) is 4. The Balaban J connectivity index is 1.61. The second-order valence-corrected chi connectivity index (χ2v) is 7.93. The van der Waals surface area contributed by atoms with Crippen molar-refractivity contribution in [3.63, 3.8) is 0 Å². The molecule has 4 rings (SSSR count). The summed E-state index contributed by atoms with van der Waals surface area (Å²) >= 11 is 0. The van der Waals surface area contributed by atoms with Crippen LogP contribution in [0.1, 0.15) is 56.6 Å². The van der Waals surface area contributed by atoms with Crippen LogP contribution in [0, 0.1) is 5.92 Å². The third-order valence-electron chi connectivity index (χ3n) is 5.58. The van der Waals surface area contributed by atoms with Crippen LogP contribution in [0.2, 0.25) is 0 Å². The Morgan fingerprint density at radius 1 is 1.19 bits per heavy atom. The van der Waals surface area contributed by atoms with E-state index in [9.17, 15) is 18.0 Å². The molecule has 2 aliphatic rings. The average Bonchev–Trinajstić information content (AvgIpc) is 3.21. The summed E-state index contributed by atoms with van der Waals surface area (Å²) in [5.74, 6) is 1.35. The lowest BCUT2D eigenvalue weighted by molar-refractivity contribution is -0.137. The SMILES string of the molecule is CCCn1c(OCc2cccc(C(F)(F)F)c2)nc(=O)c2c1N=C(C1CCCCC1)[N]2. The van der Waals surface area contributed by atoms with Gasteiger partial charge in [0.2, 0.25) is 0 Å². The normalized spacial score (nSPS) is 16.6. The van der Waals surface area contributed by atoms with Crippen LogP contribution in [0.4, 0.5) is 24.7 Å².